The maximum Gasteiger partial charge on any atom is 0.335 e. The molecule has 0 aliphatic carbocycles. The van der Waals surface area contributed by atoms with E-state index >= 15 is 0 Å². The summed E-state index contributed by atoms with van der Waals surface area (Å²) in [6, 6.07) is 23.3. The quantitative estimate of drug-likeness (QED) is 0.159. The Morgan fingerprint density at radius 1 is 0.727 bits per heavy atom. The first-order valence-electron chi connectivity index (χ1n) is 14.8. The van der Waals surface area contributed by atoms with Crippen LogP contribution in [0.1, 0.15) is 71.9 Å². The van der Waals surface area contributed by atoms with E-state index in [1.807, 2.05) is 30.3 Å². The highest BCUT2D eigenvalue weighted by molar-refractivity contribution is 6.38. The maximum atomic E-state index is 13.4. The zero-order chi connectivity index (χ0) is 32.2. The Balaban J connectivity index is 1.64. The zero-order valence-corrected chi connectivity index (χ0v) is 25.3. The van der Waals surface area contributed by atoms with Gasteiger partial charge in [-0.2, -0.15) is 0 Å². The Labute approximate surface area is 257 Å². The van der Waals surface area contributed by atoms with Crippen molar-refractivity contribution in [3.63, 3.8) is 0 Å². The van der Waals surface area contributed by atoms with Crippen LogP contribution in [-0.4, -0.2) is 46.2 Å². The van der Waals surface area contributed by atoms with E-state index in [9.17, 15) is 33.9 Å². The van der Waals surface area contributed by atoms with Crippen molar-refractivity contribution in [1.29, 1.82) is 0 Å². The second kappa shape index (κ2) is 16.2. The van der Waals surface area contributed by atoms with E-state index in [-0.39, 0.29) is 48.7 Å². The fourth-order valence-corrected chi connectivity index (χ4v) is 5.01. The molecule has 1 amide bonds. The number of rotatable bonds is 17. The number of hydrogen-bond acceptors (Lipinski definition) is 6. The Bertz CT molecular complexity index is 1480. The lowest BCUT2D eigenvalue weighted by atomic mass is 9.83. The lowest BCUT2D eigenvalue weighted by Crippen LogP contribution is -2.44. The number of ketones is 4. The third-order valence-corrected chi connectivity index (χ3v) is 7.72. The van der Waals surface area contributed by atoms with Crippen molar-refractivity contribution in [3.8, 4) is 0 Å². The van der Waals surface area contributed by atoms with E-state index in [4.69, 9.17) is 0 Å². The van der Waals surface area contributed by atoms with Crippen LogP contribution >= 0.6 is 0 Å². The SMILES string of the molecule is CC(C)[C@H](CC(=O)[C@H](C)NC(=O)[C@@H](CC(=O)c1ccccc1)Cc1ccccc1)C(=O)C(=O)CCc1cccc(C(=O)O)c1. The lowest BCUT2D eigenvalue weighted by Gasteiger charge is -2.23. The normalized spacial score (nSPS) is 13.0. The molecule has 0 aromatic heterocycles. The van der Waals surface area contributed by atoms with Gasteiger partial charge >= 0.3 is 5.97 Å². The molecule has 3 aromatic rings. The lowest BCUT2D eigenvalue weighted by molar-refractivity contribution is -0.141. The minimum atomic E-state index is -1.08. The van der Waals surface area contributed by atoms with Gasteiger partial charge in [-0.1, -0.05) is 86.6 Å². The van der Waals surface area contributed by atoms with Crippen LogP contribution < -0.4 is 5.32 Å². The summed E-state index contributed by atoms with van der Waals surface area (Å²) in [5.74, 6) is -5.26. The molecule has 3 aromatic carbocycles. The second-order valence-corrected chi connectivity index (χ2v) is 11.4. The van der Waals surface area contributed by atoms with Crippen LogP contribution in [0, 0.1) is 17.8 Å². The first-order chi connectivity index (χ1) is 21.0. The molecule has 8 nitrogen and oxygen atoms in total. The minimum absolute atomic E-state index is 0.0391. The average molecular weight is 598 g/mol. The minimum Gasteiger partial charge on any atom is -0.478 e. The molecule has 0 unspecified atom stereocenters. The summed E-state index contributed by atoms with van der Waals surface area (Å²) in [4.78, 5) is 76.7. The van der Waals surface area contributed by atoms with Gasteiger partial charge in [0.25, 0.3) is 0 Å². The van der Waals surface area contributed by atoms with Gasteiger partial charge in [-0.25, -0.2) is 4.79 Å². The van der Waals surface area contributed by atoms with Crippen LogP contribution in [0.15, 0.2) is 84.9 Å². The Morgan fingerprint density at radius 2 is 1.32 bits per heavy atom. The van der Waals surface area contributed by atoms with Crippen LogP contribution in [-0.2, 0) is 32.0 Å². The van der Waals surface area contributed by atoms with Crippen molar-refractivity contribution < 1.29 is 33.9 Å². The summed E-state index contributed by atoms with van der Waals surface area (Å²) in [5, 5.41) is 11.9. The third kappa shape index (κ3) is 9.93. The highest BCUT2D eigenvalue weighted by Gasteiger charge is 2.32. The molecule has 3 atom stereocenters. The van der Waals surface area contributed by atoms with Crippen molar-refractivity contribution in [3.05, 3.63) is 107 Å². The van der Waals surface area contributed by atoms with Crippen LogP contribution in [0.5, 0.6) is 0 Å². The van der Waals surface area contributed by atoms with Gasteiger partial charge in [-0.3, -0.25) is 24.0 Å². The highest BCUT2D eigenvalue weighted by atomic mass is 16.4. The number of carbonyl (C=O) groups is 6. The topological polar surface area (TPSA) is 135 Å². The van der Waals surface area contributed by atoms with Gasteiger partial charge < -0.3 is 10.4 Å². The number of Topliss-reactive ketones (excluding diaryl/α,β-unsaturated/α-hetero) is 4. The van der Waals surface area contributed by atoms with Gasteiger partial charge in [0.2, 0.25) is 11.7 Å². The van der Waals surface area contributed by atoms with Crippen LogP contribution in [0.2, 0.25) is 0 Å². The van der Waals surface area contributed by atoms with Crippen LogP contribution in [0.25, 0.3) is 0 Å². The molecule has 0 saturated carbocycles. The Hall–Kier alpha value is -4.72. The summed E-state index contributed by atoms with van der Waals surface area (Å²) in [5.41, 5.74) is 2.10. The monoisotopic (exact) mass is 597 g/mol. The number of aromatic carboxylic acids is 1. The standard InChI is InChI=1S/C36H39NO7/c1-23(2)30(34(41)31(38)18-17-26-13-10-16-28(19-26)36(43)44)22-32(39)24(3)37-35(42)29(20-25-11-6-4-7-12-25)21-33(40)27-14-8-5-9-15-27/h4-16,19,23-24,29-30H,17-18,20-22H2,1-3H3,(H,37,42)(H,43,44)/t24-,29+,30-/m0/s1. The summed E-state index contributed by atoms with van der Waals surface area (Å²) in [6.45, 7) is 5.06. The van der Waals surface area contributed by atoms with Crippen molar-refractivity contribution in [1.82, 2.24) is 5.32 Å². The first-order valence-corrected chi connectivity index (χ1v) is 14.8. The van der Waals surface area contributed by atoms with E-state index in [1.54, 1.807) is 56.3 Å². The van der Waals surface area contributed by atoms with E-state index in [0.29, 0.717) is 17.5 Å². The van der Waals surface area contributed by atoms with Gasteiger partial charge in [-0.05, 0) is 48.9 Å². The van der Waals surface area contributed by atoms with Crippen molar-refractivity contribution in [2.45, 2.75) is 58.9 Å². The molecule has 0 aliphatic rings. The number of amides is 1. The molecule has 3 rings (SSSR count). The number of nitrogens with one attached hydrogen (secondary N) is 1. The molecule has 0 fully saturated rings. The summed E-state index contributed by atoms with van der Waals surface area (Å²) in [7, 11) is 0. The van der Waals surface area contributed by atoms with Crippen LogP contribution in [0.4, 0.5) is 0 Å². The van der Waals surface area contributed by atoms with Gasteiger partial charge in [0, 0.05) is 36.7 Å². The Kier molecular flexibility index (Phi) is 12.4. The maximum absolute atomic E-state index is 13.4. The molecule has 2 N–H and O–H groups in total. The fourth-order valence-electron chi connectivity index (χ4n) is 5.01. The molecule has 230 valence electrons. The van der Waals surface area contributed by atoms with E-state index < -0.39 is 41.3 Å². The molecule has 0 saturated heterocycles. The molecule has 0 aliphatic heterocycles. The van der Waals surface area contributed by atoms with E-state index in [1.165, 1.54) is 19.1 Å². The number of benzene rings is 3. The second-order valence-electron chi connectivity index (χ2n) is 11.4. The van der Waals surface area contributed by atoms with E-state index in [2.05, 4.69) is 5.32 Å². The van der Waals surface area contributed by atoms with Gasteiger partial charge in [-0.15, -0.1) is 0 Å². The Morgan fingerprint density at radius 3 is 1.93 bits per heavy atom. The largest absolute Gasteiger partial charge is 0.478 e. The number of carboxylic acid groups (broad SMARTS) is 1. The molecule has 0 bridgehead atoms. The number of aryl methyl sites for hydroxylation is 1. The van der Waals surface area contributed by atoms with Gasteiger partial charge in [0.15, 0.2) is 17.3 Å². The highest BCUT2D eigenvalue weighted by Crippen LogP contribution is 2.21. The summed E-state index contributed by atoms with van der Waals surface area (Å²) in [6.07, 6.45) is 0.139. The summed E-state index contributed by atoms with van der Waals surface area (Å²) < 4.78 is 0. The van der Waals surface area contributed by atoms with Crippen LogP contribution in [0.3, 0.4) is 0 Å². The third-order valence-electron chi connectivity index (χ3n) is 7.72. The molecule has 44 heavy (non-hydrogen) atoms. The number of carbonyl (C=O) groups excluding carboxylic acids is 5. The molecule has 0 radical (unpaired) electrons. The molecule has 0 spiro atoms. The fraction of sp³-hybridized carbons (Fsp3) is 0.333. The van der Waals surface area contributed by atoms with Gasteiger partial charge in [0.05, 0.1) is 11.6 Å². The molecule has 8 heteroatoms. The summed E-state index contributed by atoms with van der Waals surface area (Å²) >= 11 is 0. The van der Waals surface area contributed by atoms with Gasteiger partial charge in [0.1, 0.15) is 0 Å². The first kappa shape index (κ1) is 33.8. The molecular formula is C36H39NO7. The molecular weight excluding hydrogens is 558 g/mol. The smallest absolute Gasteiger partial charge is 0.335 e. The van der Waals surface area contributed by atoms with Crippen molar-refractivity contribution in [2.24, 2.45) is 17.8 Å². The van der Waals surface area contributed by atoms with Crippen molar-refractivity contribution >= 4 is 35.0 Å². The number of carboxylic acids is 1. The molecule has 0 heterocycles. The zero-order valence-electron chi connectivity index (χ0n) is 25.3. The van der Waals surface area contributed by atoms with Crippen molar-refractivity contribution in [2.75, 3.05) is 0 Å². The average Bonchev–Trinajstić information content (AvgIpc) is 3.02. The predicted octanol–water partition coefficient (Wildman–Crippen LogP) is 5.32. The number of hydrogen-bond donors (Lipinski definition) is 2. The van der Waals surface area contributed by atoms with E-state index in [0.717, 1.165) is 5.56 Å². The predicted molar refractivity (Wildman–Crippen MR) is 166 cm³/mol.